The van der Waals surface area contributed by atoms with Crippen molar-refractivity contribution in [3.63, 3.8) is 0 Å². The number of carbonyl (C=O) groups is 3. The molecule has 1 saturated heterocycles. The lowest BCUT2D eigenvalue weighted by Gasteiger charge is -2.29. The summed E-state index contributed by atoms with van der Waals surface area (Å²) in [5.41, 5.74) is 9.32. The molecule has 4 N–H and O–H groups in total. The summed E-state index contributed by atoms with van der Waals surface area (Å²) in [7, 11) is 0. The Balaban J connectivity index is 1.02. The lowest BCUT2D eigenvalue weighted by Crippen LogP contribution is -2.52. The normalized spacial score (nSPS) is 17.4. The molecule has 41 heavy (non-hydrogen) atoms. The van der Waals surface area contributed by atoms with E-state index in [2.05, 4.69) is 10.6 Å². The zero-order chi connectivity index (χ0) is 29.0. The predicted molar refractivity (Wildman–Crippen MR) is 156 cm³/mol. The first kappa shape index (κ1) is 30.5. The number of amides is 3. The van der Waals surface area contributed by atoms with Crippen LogP contribution in [0.5, 0.6) is 5.75 Å². The van der Waals surface area contributed by atoms with Gasteiger partial charge in [0.05, 0.1) is 26.4 Å². The minimum Gasteiger partial charge on any atom is -0.494 e. The van der Waals surface area contributed by atoms with E-state index in [0.717, 1.165) is 48.2 Å². The van der Waals surface area contributed by atoms with Crippen molar-refractivity contribution < 1.29 is 28.6 Å². The SMILES string of the molecule is CC(N)c1cccc(OCCCCCCOCCOCCNc2cccc3c2CN(C2CCC(=O)NC2=O)C3=O)c1. The van der Waals surface area contributed by atoms with Gasteiger partial charge in [0.15, 0.2) is 0 Å². The Hall–Kier alpha value is -3.47. The van der Waals surface area contributed by atoms with Gasteiger partial charge in [-0.25, -0.2) is 0 Å². The van der Waals surface area contributed by atoms with Crippen LogP contribution in [-0.4, -0.2) is 68.2 Å². The summed E-state index contributed by atoms with van der Waals surface area (Å²) in [6.07, 6.45) is 4.80. The van der Waals surface area contributed by atoms with Crippen molar-refractivity contribution in [3.8, 4) is 5.75 Å². The van der Waals surface area contributed by atoms with Crippen molar-refractivity contribution in [2.75, 3.05) is 44.9 Å². The molecule has 2 heterocycles. The molecule has 0 spiro atoms. The Morgan fingerprint density at radius 3 is 2.51 bits per heavy atom. The van der Waals surface area contributed by atoms with Gasteiger partial charge in [-0.3, -0.25) is 19.7 Å². The number of imide groups is 1. The van der Waals surface area contributed by atoms with E-state index in [-0.39, 0.29) is 24.3 Å². The molecular weight excluding hydrogens is 524 g/mol. The highest BCUT2D eigenvalue weighted by Crippen LogP contribution is 2.32. The molecule has 1 fully saturated rings. The third-order valence-corrected chi connectivity index (χ3v) is 7.35. The van der Waals surface area contributed by atoms with E-state index in [0.29, 0.717) is 58.1 Å². The van der Waals surface area contributed by atoms with Crippen LogP contribution in [-0.2, 0) is 25.6 Å². The van der Waals surface area contributed by atoms with Crippen LogP contribution in [0.15, 0.2) is 42.5 Å². The molecule has 0 saturated carbocycles. The summed E-state index contributed by atoms with van der Waals surface area (Å²) in [4.78, 5) is 38.2. The second kappa shape index (κ2) is 15.5. The first-order chi connectivity index (χ1) is 19.9. The number of ether oxygens (including phenoxy) is 3. The summed E-state index contributed by atoms with van der Waals surface area (Å²) in [6, 6.07) is 12.9. The Morgan fingerprint density at radius 1 is 0.976 bits per heavy atom. The Bertz CT molecular complexity index is 1190. The van der Waals surface area contributed by atoms with Crippen LogP contribution in [0, 0.1) is 0 Å². The molecule has 4 rings (SSSR count). The Labute approximate surface area is 241 Å². The van der Waals surface area contributed by atoms with E-state index in [1.807, 2.05) is 43.3 Å². The molecule has 0 aliphatic carbocycles. The Morgan fingerprint density at radius 2 is 1.73 bits per heavy atom. The number of unbranched alkanes of at least 4 members (excludes halogenated alkanes) is 3. The van der Waals surface area contributed by atoms with Crippen molar-refractivity contribution in [2.45, 2.75) is 64.1 Å². The van der Waals surface area contributed by atoms with Gasteiger partial charge in [0, 0.05) is 49.0 Å². The number of hydrogen-bond donors (Lipinski definition) is 3. The molecule has 222 valence electrons. The first-order valence-electron chi connectivity index (χ1n) is 14.6. The molecule has 2 aliphatic heterocycles. The molecule has 2 aliphatic rings. The summed E-state index contributed by atoms with van der Waals surface area (Å²) < 4.78 is 17.2. The monoisotopic (exact) mass is 566 g/mol. The molecule has 10 heteroatoms. The highest BCUT2D eigenvalue weighted by atomic mass is 16.5. The van der Waals surface area contributed by atoms with Gasteiger partial charge in [-0.1, -0.05) is 24.6 Å². The van der Waals surface area contributed by atoms with Crippen LogP contribution in [0.1, 0.15) is 73.0 Å². The number of nitrogens with one attached hydrogen (secondary N) is 2. The fourth-order valence-corrected chi connectivity index (χ4v) is 5.07. The third-order valence-electron chi connectivity index (χ3n) is 7.35. The van der Waals surface area contributed by atoms with Gasteiger partial charge in [0.25, 0.3) is 5.91 Å². The summed E-state index contributed by atoms with van der Waals surface area (Å²) in [5, 5.41) is 5.68. The lowest BCUT2D eigenvalue weighted by molar-refractivity contribution is -0.136. The fourth-order valence-electron chi connectivity index (χ4n) is 5.07. The number of nitrogens with zero attached hydrogens (tertiary/aromatic N) is 1. The minimum absolute atomic E-state index is 0.00505. The number of piperidine rings is 1. The minimum atomic E-state index is -0.619. The largest absolute Gasteiger partial charge is 0.494 e. The van der Waals surface area contributed by atoms with E-state index in [9.17, 15) is 14.4 Å². The van der Waals surface area contributed by atoms with Crippen molar-refractivity contribution in [1.82, 2.24) is 10.2 Å². The summed E-state index contributed by atoms with van der Waals surface area (Å²) >= 11 is 0. The molecule has 0 bridgehead atoms. The molecule has 2 aromatic rings. The molecule has 0 radical (unpaired) electrons. The summed E-state index contributed by atoms with van der Waals surface area (Å²) in [5.74, 6) is -0.000554. The molecule has 3 amide bonds. The highest BCUT2D eigenvalue weighted by molar-refractivity contribution is 6.06. The van der Waals surface area contributed by atoms with Crippen LogP contribution in [0.3, 0.4) is 0 Å². The highest BCUT2D eigenvalue weighted by Gasteiger charge is 2.39. The van der Waals surface area contributed by atoms with Gasteiger partial charge in [-0.2, -0.15) is 0 Å². The van der Waals surface area contributed by atoms with Crippen LogP contribution in [0.25, 0.3) is 0 Å². The zero-order valence-electron chi connectivity index (χ0n) is 23.9. The maximum Gasteiger partial charge on any atom is 0.255 e. The number of nitrogens with two attached hydrogens (primary N) is 1. The maximum atomic E-state index is 12.9. The number of carbonyl (C=O) groups excluding carboxylic acids is 3. The number of fused-ring (bicyclic) bond motifs is 1. The van der Waals surface area contributed by atoms with E-state index < -0.39 is 11.9 Å². The average molecular weight is 567 g/mol. The second-order valence-electron chi connectivity index (χ2n) is 10.5. The first-order valence-corrected chi connectivity index (χ1v) is 14.6. The number of hydrogen-bond acceptors (Lipinski definition) is 8. The standard InChI is InChI=1S/C31H42N4O6/c1-22(32)23-8-6-9-24(20-23)41-16-5-3-2-4-15-39-18-19-40-17-14-33-27-11-7-10-25-26(27)21-35(31(25)38)28-12-13-29(36)34-30(28)37/h6-11,20,22,28,33H,2-5,12-19,21,32H2,1H3,(H,34,36,37). The molecule has 2 atom stereocenters. The van der Waals surface area contributed by atoms with Crippen LogP contribution in [0.4, 0.5) is 5.69 Å². The number of rotatable bonds is 17. The zero-order valence-corrected chi connectivity index (χ0v) is 23.9. The topological polar surface area (TPSA) is 132 Å². The van der Waals surface area contributed by atoms with Gasteiger partial charge in [-0.05, 0) is 62.4 Å². The van der Waals surface area contributed by atoms with E-state index in [4.69, 9.17) is 19.9 Å². The summed E-state index contributed by atoms with van der Waals surface area (Å²) in [6.45, 7) is 5.88. The van der Waals surface area contributed by atoms with E-state index >= 15 is 0 Å². The van der Waals surface area contributed by atoms with Gasteiger partial charge >= 0.3 is 0 Å². The van der Waals surface area contributed by atoms with Crippen molar-refractivity contribution in [1.29, 1.82) is 0 Å². The smallest absolute Gasteiger partial charge is 0.255 e. The molecular formula is C31H42N4O6. The number of anilines is 1. The maximum absolute atomic E-state index is 12.9. The number of benzene rings is 2. The molecule has 2 aromatic carbocycles. The average Bonchev–Trinajstić information content (AvgIpc) is 3.30. The Kier molecular flexibility index (Phi) is 11.5. The van der Waals surface area contributed by atoms with Crippen molar-refractivity contribution in [2.24, 2.45) is 5.73 Å². The van der Waals surface area contributed by atoms with Gasteiger partial charge < -0.3 is 30.2 Å². The van der Waals surface area contributed by atoms with Gasteiger partial charge in [0.2, 0.25) is 11.8 Å². The second-order valence-corrected chi connectivity index (χ2v) is 10.5. The lowest BCUT2D eigenvalue weighted by atomic mass is 10.0. The van der Waals surface area contributed by atoms with Gasteiger partial charge in [-0.15, -0.1) is 0 Å². The van der Waals surface area contributed by atoms with E-state index in [1.54, 1.807) is 11.0 Å². The molecule has 2 unspecified atom stereocenters. The van der Waals surface area contributed by atoms with Crippen LogP contribution < -0.4 is 21.1 Å². The molecule has 0 aromatic heterocycles. The van der Waals surface area contributed by atoms with Crippen LogP contribution >= 0.6 is 0 Å². The molecule has 10 nitrogen and oxygen atoms in total. The fraction of sp³-hybridized carbons (Fsp3) is 0.516. The quantitative estimate of drug-likeness (QED) is 0.196. The van der Waals surface area contributed by atoms with Crippen LogP contribution in [0.2, 0.25) is 0 Å². The van der Waals surface area contributed by atoms with Gasteiger partial charge in [0.1, 0.15) is 11.8 Å². The third kappa shape index (κ3) is 8.76. The van der Waals surface area contributed by atoms with Crippen molar-refractivity contribution >= 4 is 23.4 Å². The predicted octanol–water partition coefficient (Wildman–Crippen LogP) is 3.55. The van der Waals surface area contributed by atoms with Crippen molar-refractivity contribution in [3.05, 3.63) is 59.2 Å². The van der Waals surface area contributed by atoms with E-state index in [1.165, 1.54) is 0 Å².